The minimum absolute atomic E-state index is 0.0313. The normalized spacial score (nSPS) is 17.9. The van der Waals surface area contributed by atoms with Crippen LogP contribution in [0, 0.1) is 0 Å². The third-order valence-electron chi connectivity index (χ3n) is 3.95. The Hall–Kier alpha value is -0.810. The predicted molar refractivity (Wildman–Crippen MR) is 82.6 cm³/mol. The third kappa shape index (κ3) is 4.33. The van der Waals surface area contributed by atoms with Crippen molar-refractivity contribution < 1.29 is 14.6 Å². The number of nitrogens with one attached hydrogen (secondary N) is 1. The van der Waals surface area contributed by atoms with E-state index in [1.165, 1.54) is 0 Å². The summed E-state index contributed by atoms with van der Waals surface area (Å²) in [7, 11) is 1.66. The van der Waals surface area contributed by atoms with Gasteiger partial charge in [0.05, 0.1) is 18.1 Å². The van der Waals surface area contributed by atoms with Crippen molar-refractivity contribution in [2.24, 2.45) is 0 Å². The number of aliphatic hydroxyl groups excluding tert-OH is 1. The van der Waals surface area contributed by atoms with Crippen LogP contribution in [0.4, 0.5) is 0 Å². The smallest absolute Gasteiger partial charge is 0.223 e. The number of hydrogen-bond donors (Lipinski definition) is 2. The van der Waals surface area contributed by atoms with Gasteiger partial charge in [-0.15, -0.1) is 0 Å². The van der Waals surface area contributed by atoms with Gasteiger partial charge in [-0.05, 0) is 43.0 Å². The Labute approximate surface area is 134 Å². The molecule has 1 saturated carbocycles. The SMILES string of the molecule is COC1(CNC(=O)CC(O)c2cc(Cl)cc(Cl)c2)CCC1. The topological polar surface area (TPSA) is 58.6 Å². The lowest BCUT2D eigenvalue weighted by molar-refractivity contribution is -0.126. The molecule has 1 aromatic rings. The largest absolute Gasteiger partial charge is 0.388 e. The highest BCUT2D eigenvalue weighted by Gasteiger charge is 2.37. The number of benzene rings is 1. The maximum absolute atomic E-state index is 11.9. The summed E-state index contributed by atoms with van der Waals surface area (Å²) in [6.45, 7) is 0.478. The molecule has 1 aliphatic rings. The first-order valence-corrected chi connectivity index (χ1v) is 7.66. The quantitative estimate of drug-likeness (QED) is 0.842. The van der Waals surface area contributed by atoms with Crippen molar-refractivity contribution >= 4 is 29.1 Å². The number of rotatable bonds is 6. The fourth-order valence-electron chi connectivity index (χ4n) is 2.42. The van der Waals surface area contributed by atoms with Crippen LogP contribution in [0.3, 0.4) is 0 Å². The first-order valence-electron chi connectivity index (χ1n) is 6.90. The van der Waals surface area contributed by atoms with Gasteiger partial charge in [-0.2, -0.15) is 0 Å². The molecule has 1 unspecified atom stereocenters. The van der Waals surface area contributed by atoms with E-state index in [0.29, 0.717) is 22.2 Å². The first-order chi connectivity index (χ1) is 9.94. The van der Waals surface area contributed by atoms with Gasteiger partial charge in [0.1, 0.15) is 0 Å². The molecule has 0 saturated heterocycles. The molecule has 4 nitrogen and oxygen atoms in total. The molecule has 21 heavy (non-hydrogen) atoms. The number of carbonyl (C=O) groups excluding carboxylic acids is 1. The summed E-state index contributed by atoms with van der Waals surface area (Å²) in [5, 5.41) is 13.8. The van der Waals surface area contributed by atoms with Crippen LogP contribution in [0.15, 0.2) is 18.2 Å². The predicted octanol–water partition coefficient (Wildman–Crippen LogP) is 3.10. The number of hydrogen-bond acceptors (Lipinski definition) is 3. The third-order valence-corrected chi connectivity index (χ3v) is 4.39. The number of ether oxygens (including phenoxy) is 1. The lowest BCUT2D eigenvalue weighted by Gasteiger charge is -2.40. The molecule has 0 heterocycles. The van der Waals surface area contributed by atoms with Crippen LogP contribution in [0.25, 0.3) is 0 Å². The van der Waals surface area contributed by atoms with Gasteiger partial charge in [0.25, 0.3) is 0 Å². The highest BCUT2D eigenvalue weighted by Crippen LogP contribution is 2.34. The highest BCUT2D eigenvalue weighted by atomic mass is 35.5. The summed E-state index contributed by atoms with van der Waals surface area (Å²) in [5.74, 6) is -0.220. The standard InChI is InChI=1S/C15H19Cl2NO3/c1-21-15(3-2-4-15)9-18-14(20)8-13(19)10-5-11(16)7-12(17)6-10/h5-7,13,19H,2-4,8-9H2,1H3,(H,18,20). The summed E-state index contributed by atoms with van der Waals surface area (Å²) in [4.78, 5) is 11.9. The molecular formula is C15H19Cl2NO3. The number of methoxy groups -OCH3 is 1. The average Bonchev–Trinajstić information content (AvgIpc) is 2.36. The summed E-state index contributed by atoms with van der Waals surface area (Å²) < 4.78 is 5.43. The van der Waals surface area contributed by atoms with Crippen molar-refractivity contribution in [3.63, 3.8) is 0 Å². The Balaban J connectivity index is 1.87. The van der Waals surface area contributed by atoms with Crippen molar-refractivity contribution in [2.45, 2.75) is 37.4 Å². The lowest BCUT2D eigenvalue weighted by atomic mass is 9.80. The molecule has 1 aliphatic carbocycles. The maximum Gasteiger partial charge on any atom is 0.223 e. The molecular weight excluding hydrogens is 313 g/mol. The Morgan fingerprint density at radius 1 is 1.38 bits per heavy atom. The van der Waals surface area contributed by atoms with Gasteiger partial charge in [0.2, 0.25) is 5.91 Å². The van der Waals surface area contributed by atoms with E-state index in [9.17, 15) is 9.90 Å². The van der Waals surface area contributed by atoms with Gasteiger partial charge in [0.15, 0.2) is 0 Å². The van der Waals surface area contributed by atoms with E-state index in [4.69, 9.17) is 27.9 Å². The molecule has 0 radical (unpaired) electrons. The van der Waals surface area contributed by atoms with E-state index < -0.39 is 6.10 Å². The fraction of sp³-hybridized carbons (Fsp3) is 0.533. The molecule has 0 aliphatic heterocycles. The van der Waals surface area contributed by atoms with Crippen molar-refractivity contribution in [1.29, 1.82) is 0 Å². The maximum atomic E-state index is 11.9. The monoisotopic (exact) mass is 331 g/mol. The highest BCUT2D eigenvalue weighted by molar-refractivity contribution is 6.34. The second-order valence-electron chi connectivity index (χ2n) is 5.44. The van der Waals surface area contributed by atoms with Gasteiger partial charge in [-0.1, -0.05) is 23.2 Å². The summed E-state index contributed by atoms with van der Waals surface area (Å²) in [5.41, 5.74) is 0.313. The van der Waals surface area contributed by atoms with Crippen LogP contribution in [-0.4, -0.2) is 30.3 Å². The molecule has 0 spiro atoms. The molecule has 116 valence electrons. The Kier molecular flexibility index (Phi) is 5.49. The molecule has 6 heteroatoms. The van der Waals surface area contributed by atoms with Crippen LogP contribution in [0.1, 0.15) is 37.4 Å². The minimum atomic E-state index is -0.930. The van der Waals surface area contributed by atoms with Crippen LogP contribution >= 0.6 is 23.2 Å². The van der Waals surface area contributed by atoms with Crippen LogP contribution in [0.2, 0.25) is 10.0 Å². The number of amides is 1. The second-order valence-corrected chi connectivity index (χ2v) is 6.31. The van der Waals surface area contributed by atoms with Gasteiger partial charge >= 0.3 is 0 Å². The zero-order valence-corrected chi connectivity index (χ0v) is 13.4. The first kappa shape index (κ1) is 16.6. The van der Waals surface area contributed by atoms with Gasteiger partial charge < -0.3 is 15.2 Å². The number of carbonyl (C=O) groups is 1. The molecule has 2 N–H and O–H groups in total. The molecule has 1 atom stereocenters. The van der Waals surface area contributed by atoms with Gasteiger partial charge in [-0.3, -0.25) is 4.79 Å². The Morgan fingerprint density at radius 2 is 2.00 bits per heavy atom. The van der Waals surface area contributed by atoms with Crippen LogP contribution in [0.5, 0.6) is 0 Å². The molecule has 1 amide bonds. The summed E-state index contributed by atoms with van der Waals surface area (Å²) in [6, 6.07) is 4.79. The molecule has 1 fully saturated rings. The van der Waals surface area contributed by atoms with E-state index in [1.807, 2.05) is 0 Å². The van der Waals surface area contributed by atoms with E-state index in [1.54, 1.807) is 25.3 Å². The minimum Gasteiger partial charge on any atom is -0.388 e. The van der Waals surface area contributed by atoms with Crippen molar-refractivity contribution in [2.75, 3.05) is 13.7 Å². The molecule has 0 bridgehead atoms. The lowest BCUT2D eigenvalue weighted by Crippen LogP contribution is -2.49. The van der Waals surface area contributed by atoms with E-state index in [-0.39, 0.29) is 17.9 Å². The molecule has 1 aromatic carbocycles. The Morgan fingerprint density at radius 3 is 2.48 bits per heavy atom. The second kappa shape index (κ2) is 6.97. The van der Waals surface area contributed by atoms with Gasteiger partial charge in [0, 0.05) is 23.7 Å². The van der Waals surface area contributed by atoms with Crippen LogP contribution in [-0.2, 0) is 9.53 Å². The van der Waals surface area contributed by atoms with Crippen molar-refractivity contribution in [1.82, 2.24) is 5.32 Å². The van der Waals surface area contributed by atoms with Crippen LogP contribution < -0.4 is 5.32 Å². The Bertz CT molecular complexity index is 492. The molecule has 0 aromatic heterocycles. The summed E-state index contributed by atoms with van der Waals surface area (Å²) in [6.07, 6.45) is 2.07. The van der Waals surface area contributed by atoms with Crippen molar-refractivity contribution in [3.8, 4) is 0 Å². The zero-order chi connectivity index (χ0) is 15.5. The zero-order valence-electron chi connectivity index (χ0n) is 11.9. The molecule has 2 rings (SSSR count). The van der Waals surface area contributed by atoms with Crippen molar-refractivity contribution in [3.05, 3.63) is 33.8 Å². The number of aliphatic hydroxyl groups is 1. The van der Waals surface area contributed by atoms with E-state index in [2.05, 4.69) is 5.32 Å². The summed E-state index contributed by atoms with van der Waals surface area (Å²) >= 11 is 11.8. The fourth-order valence-corrected chi connectivity index (χ4v) is 2.96. The average molecular weight is 332 g/mol. The van der Waals surface area contributed by atoms with E-state index >= 15 is 0 Å². The number of halogens is 2. The van der Waals surface area contributed by atoms with Gasteiger partial charge in [-0.25, -0.2) is 0 Å². The van der Waals surface area contributed by atoms with E-state index in [0.717, 1.165) is 19.3 Å².